The van der Waals surface area contributed by atoms with E-state index in [9.17, 15) is 0 Å². The van der Waals surface area contributed by atoms with E-state index in [-0.39, 0.29) is 0 Å². The van der Waals surface area contributed by atoms with Crippen molar-refractivity contribution in [2.75, 3.05) is 53.4 Å². The highest BCUT2D eigenvalue weighted by Crippen LogP contribution is 2.14. The molecule has 0 aromatic heterocycles. The lowest BCUT2D eigenvalue weighted by Crippen LogP contribution is -2.31. The van der Waals surface area contributed by atoms with Gasteiger partial charge < -0.3 is 15.1 Å². The van der Waals surface area contributed by atoms with Crippen molar-refractivity contribution in [2.45, 2.75) is 13.3 Å². The second kappa shape index (κ2) is 6.38. The zero-order chi connectivity index (χ0) is 10.4. The summed E-state index contributed by atoms with van der Waals surface area (Å²) in [6, 6.07) is 0. The van der Waals surface area contributed by atoms with Gasteiger partial charge in [0.1, 0.15) is 0 Å². The summed E-state index contributed by atoms with van der Waals surface area (Å²) in [7, 11) is 4.24. The van der Waals surface area contributed by atoms with Crippen LogP contribution < -0.4 is 5.32 Å². The van der Waals surface area contributed by atoms with Crippen LogP contribution in [0, 0.1) is 5.92 Å². The minimum absolute atomic E-state index is 0.886. The van der Waals surface area contributed by atoms with Gasteiger partial charge in [0.2, 0.25) is 0 Å². The molecule has 1 saturated heterocycles. The number of nitrogens with zero attached hydrogens (tertiary/aromatic N) is 2. The Labute approximate surface area is 88.5 Å². The third-order valence-electron chi connectivity index (χ3n) is 2.99. The van der Waals surface area contributed by atoms with Gasteiger partial charge in [-0.3, -0.25) is 0 Å². The van der Waals surface area contributed by atoms with Crippen LogP contribution in [0.25, 0.3) is 0 Å². The lowest BCUT2D eigenvalue weighted by Gasteiger charge is -2.15. The van der Waals surface area contributed by atoms with E-state index in [1.165, 1.54) is 32.6 Å². The van der Waals surface area contributed by atoms with E-state index in [0.717, 1.165) is 19.0 Å². The minimum Gasteiger partial charge on any atom is -0.315 e. The molecule has 1 fully saturated rings. The summed E-state index contributed by atoms with van der Waals surface area (Å²) in [4.78, 5) is 4.76. The first-order valence-electron chi connectivity index (χ1n) is 5.80. The van der Waals surface area contributed by atoms with Crippen molar-refractivity contribution in [2.24, 2.45) is 5.92 Å². The smallest absolute Gasteiger partial charge is 0.0101 e. The predicted octanol–water partition coefficient (Wildman–Crippen LogP) is 0.479. The molecule has 0 amide bonds. The Hall–Kier alpha value is -0.120. The Balaban J connectivity index is 1.97. The molecule has 84 valence electrons. The van der Waals surface area contributed by atoms with Crippen molar-refractivity contribution in [3.8, 4) is 0 Å². The number of hydrogen-bond donors (Lipinski definition) is 1. The van der Waals surface area contributed by atoms with Crippen LogP contribution in [0.2, 0.25) is 0 Å². The van der Waals surface area contributed by atoms with Crippen LogP contribution in [-0.2, 0) is 0 Å². The largest absolute Gasteiger partial charge is 0.315 e. The van der Waals surface area contributed by atoms with Gasteiger partial charge >= 0.3 is 0 Å². The highest BCUT2D eigenvalue weighted by molar-refractivity contribution is 4.76. The van der Waals surface area contributed by atoms with E-state index >= 15 is 0 Å². The number of nitrogens with one attached hydrogen (secondary N) is 1. The Kier molecular flexibility index (Phi) is 5.45. The molecule has 1 rings (SSSR count). The first-order chi connectivity index (χ1) is 6.72. The van der Waals surface area contributed by atoms with Gasteiger partial charge in [-0.2, -0.15) is 0 Å². The van der Waals surface area contributed by atoms with Crippen LogP contribution in [0.1, 0.15) is 13.3 Å². The molecule has 0 aromatic rings. The lowest BCUT2D eigenvalue weighted by atomic mass is 10.1. The Bertz CT molecular complexity index is 147. The Morgan fingerprint density at radius 3 is 2.79 bits per heavy atom. The van der Waals surface area contributed by atoms with Crippen LogP contribution in [0.4, 0.5) is 0 Å². The summed E-state index contributed by atoms with van der Waals surface area (Å²) in [5.74, 6) is 0.886. The summed E-state index contributed by atoms with van der Waals surface area (Å²) in [6.07, 6.45) is 1.38. The van der Waals surface area contributed by atoms with Gasteiger partial charge in [0.15, 0.2) is 0 Å². The maximum Gasteiger partial charge on any atom is 0.0101 e. The normalized spacial score (nSPS) is 23.6. The average Bonchev–Trinajstić information content (AvgIpc) is 2.60. The average molecular weight is 199 g/mol. The summed E-state index contributed by atoms with van der Waals surface area (Å²) < 4.78 is 0. The van der Waals surface area contributed by atoms with E-state index in [1.807, 2.05) is 0 Å². The van der Waals surface area contributed by atoms with Gasteiger partial charge in [0, 0.05) is 19.6 Å². The van der Waals surface area contributed by atoms with Crippen LogP contribution in [0.5, 0.6) is 0 Å². The van der Waals surface area contributed by atoms with E-state index in [1.54, 1.807) is 0 Å². The van der Waals surface area contributed by atoms with Gasteiger partial charge in [-0.1, -0.05) is 6.92 Å². The molecular weight excluding hydrogens is 174 g/mol. The first kappa shape index (κ1) is 12.0. The Morgan fingerprint density at radius 1 is 1.43 bits per heavy atom. The third kappa shape index (κ3) is 4.40. The van der Waals surface area contributed by atoms with Crippen molar-refractivity contribution in [1.29, 1.82) is 0 Å². The molecule has 0 spiro atoms. The monoisotopic (exact) mass is 199 g/mol. The molecule has 1 aliphatic heterocycles. The fourth-order valence-electron chi connectivity index (χ4n) is 1.98. The zero-order valence-corrected chi connectivity index (χ0v) is 9.92. The molecule has 3 nitrogen and oxygen atoms in total. The molecule has 1 unspecified atom stereocenters. The van der Waals surface area contributed by atoms with Crippen LogP contribution in [0.15, 0.2) is 0 Å². The predicted molar refractivity (Wildman–Crippen MR) is 61.6 cm³/mol. The summed E-state index contributed by atoms with van der Waals surface area (Å²) >= 11 is 0. The van der Waals surface area contributed by atoms with Crippen molar-refractivity contribution in [3.05, 3.63) is 0 Å². The standard InChI is InChI=1S/C11H25N3/c1-4-14-7-5-11(10-14)9-12-6-8-13(2)3/h11-12H,4-10H2,1-3H3. The lowest BCUT2D eigenvalue weighted by molar-refractivity contribution is 0.335. The molecule has 3 heteroatoms. The van der Waals surface area contributed by atoms with Crippen molar-refractivity contribution >= 4 is 0 Å². The molecule has 1 heterocycles. The fraction of sp³-hybridized carbons (Fsp3) is 1.00. The van der Waals surface area contributed by atoms with Gasteiger partial charge in [0.05, 0.1) is 0 Å². The number of likely N-dealkylation sites (N-methyl/N-ethyl adjacent to an activating group) is 1. The molecular formula is C11H25N3. The van der Waals surface area contributed by atoms with Gasteiger partial charge in [0.25, 0.3) is 0 Å². The quantitative estimate of drug-likeness (QED) is 0.628. The number of hydrogen-bond acceptors (Lipinski definition) is 3. The first-order valence-corrected chi connectivity index (χ1v) is 5.80. The fourth-order valence-corrected chi connectivity index (χ4v) is 1.98. The summed E-state index contributed by atoms with van der Waals surface area (Å²) in [6.45, 7) is 9.53. The van der Waals surface area contributed by atoms with Crippen LogP contribution in [-0.4, -0.2) is 63.2 Å². The SMILES string of the molecule is CCN1CCC(CNCCN(C)C)C1. The molecule has 0 aliphatic carbocycles. The van der Waals surface area contributed by atoms with Crippen LogP contribution in [0.3, 0.4) is 0 Å². The number of likely N-dealkylation sites (tertiary alicyclic amines) is 1. The highest BCUT2D eigenvalue weighted by Gasteiger charge is 2.20. The van der Waals surface area contributed by atoms with Crippen molar-refractivity contribution < 1.29 is 0 Å². The molecule has 1 N–H and O–H groups in total. The Morgan fingerprint density at radius 2 is 2.21 bits per heavy atom. The maximum atomic E-state index is 3.53. The molecule has 1 atom stereocenters. The second-order valence-electron chi connectivity index (χ2n) is 4.56. The molecule has 14 heavy (non-hydrogen) atoms. The van der Waals surface area contributed by atoms with E-state index in [4.69, 9.17) is 0 Å². The van der Waals surface area contributed by atoms with E-state index in [2.05, 4.69) is 36.1 Å². The topological polar surface area (TPSA) is 18.5 Å². The minimum atomic E-state index is 0.886. The van der Waals surface area contributed by atoms with E-state index < -0.39 is 0 Å². The van der Waals surface area contributed by atoms with Crippen LogP contribution >= 0.6 is 0 Å². The van der Waals surface area contributed by atoms with E-state index in [0.29, 0.717) is 0 Å². The van der Waals surface area contributed by atoms with Crippen molar-refractivity contribution in [3.63, 3.8) is 0 Å². The summed E-state index contributed by atoms with van der Waals surface area (Å²) in [5.41, 5.74) is 0. The third-order valence-corrected chi connectivity index (χ3v) is 2.99. The summed E-state index contributed by atoms with van der Waals surface area (Å²) in [5, 5.41) is 3.53. The molecule has 0 bridgehead atoms. The highest BCUT2D eigenvalue weighted by atomic mass is 15.1. The van der Waals surface area contributed by atoms with Gasteiger partial charge in [-0.25, -0.2) is 0 Å². The zero-order valence-electron chi connectivity index (χ0n) is 9.92. The molecule has 0 saturated carbocycles. The van der Waals surface area contributed by atoms with Crippen molar-refractivity contribution in [1.82, 2.24) is 15.1 Å². The molecule has 1 aliphatic rings. The number of rotatable bonds is 6. The van der Waals surface area contributed by atoms with Gasteiger partial charge in [-0.05, 0) is 46.1 Å². The molecule has 0 aromatic carbocycles. The molecule has 0 radical (unpaired) electrons. The maximum absolute atomic E-state index is 3.53. The van der Waals surface area contributed by atoms with Gasteiger partial charge in [-0.15, -0.1) is 0 Å². The second-order valence-corrected chi connectivity index (χ2v) is 4.56.